The van der Waals surface area contributed by atoms with E-state index in [1.54, 1.807) is 12.1 Å². The number of carbonyl (C=O) groups is 1. The van der Waals surface area contributed by atoms with E-state index >= 15 is 0 Å². The average molecular weight is 285 g/mol. The van der Waals surface area contributed by atoms with Crippen molar-refractivity contribution in [1.29, 1.82) is 0 Å². The lowest BCUT2D eigenvalue weighted by Crippen LogP contribution is -2.34. The van der Waals surface area contributed by atoms with E-state index in [0.29, 0.717) is 0 Å². The Balaban J connectivity index is 2.24. The summed E-state index contributed by atoms with van der Waals surface area (Å²) in [4.78, 5) is 12.6. The van der Waals surface area contributed by atoms with E-state index < -0.39 is 5.41 Å². The summed E-state index contributed by atoms with van der Waals surface area (Å²) >= 11 is 0. The second kappa shape index (κ2) is 5.68. The van der Waals surface area contributed by atoms with Crippen LogP contribution in [0.15, 0.2) is 42.5 Å². The lowest BCUT2D eigenvalue weighted by atomic mass is 9.83. The molecule has 0 aliphatic carbocycles. The van der Waals surface area contributed by atoms with Crippen molar-refractivity contribution in [1.82, 2.24) is 0 Å². The first-order chi connectivity index (χ1) is 9.80. The molecule has 0 bridgehead atoms. The van der Waals surface area contributed by atoms with Crippen LogP contribution in [0.2, 0.25) is 0 Å². The molecule has 21 heavy (non-hydrogen) atoms. The Morgan fingerprint density at radius 1 is 1.05 bits per heavy atom. The number of carbonyl (C=O) groups excluding carboxylic acids is 1. The molecule has 2 rings (SSSR count). The van der Waals surface area contributed by atoms with Gasteiger partial charge in [-0.05, 0) is 57.0 Å². The lowest BCUT2D eigenvalue weighted by molar-refractivity contribution is -0.120. The van der Waals surface area contributed by atoms with Gasteiger partial charge in [0.15, 0.2) is 0 Å². The Morgan fingerprint density at radius 2 is 1.67 bits per heavy atom. The van der Waals surface area contributed by atoms with Crippen LogP contribution in [0.5, 0.6) is 0 Å². The largest absolute Gasteiger partial charge is 0.325 e. The fourth-order valence-electron chi connectivity index (χ4n) is 2.23. The Hall–Kier alpha value is -2.16. The highest BCUT2D eigenvalue weighted by molar-refractivity contribution is 5.99. The summed E-state index contributed by atoms with van der Waals surface area (Å²) in [6, 6.07) is 12.0. The maximum Gasteiger partial charge on any atom is 0.234 e. The molecule has 110 valence electrons. The minimum Gasteiger partial charge on any atom is -0.325 e. The molecule has 0 radical (unpaired) electrons. The van der Waals surface area contributed by atoms with Crippen molar-refractivity contribution in [3.8, 4) is 0 Å². The van der Waals surface area contributed by atoms with Crippen LogP contribution in [0.4, 0.5) is 10.1 Å². The summed E-state index contributed by atoms with van der Waals surface area (Å²) in [6.07, 6.45) is 0. The first-order valence-electron chi connectivity index (χ1n) is 6.95. The second-order valence-corrected chi connectivity index (χ2v) is 5.90. The van der Waals surface area contributed by atoms with Crippen LogP contribution in [0.25, 0.3) is 0 Å². The van der Waals surface area contributed by atoms with E-state index in [2.05, 4.69) is 5.32 Å². The van der Waals surface area contributed by atoms with E-state index in [0.717, 1.165) is 22.4 Å². The van der Waals surface area contributed by atoms with Gasteiger partial charge in [-0.1, -0.05) is 29.8 Å². The van der Waals surface area contributed by atoms with Gasteiger partial charge in [0.05, 0.1) is 5.41 Å². The second-order valence-electron chi connectivity index (χ2n) is 5.90. The van der Waals surface area contributed by atoms with Gasteiger partial charge in [-0.25, -0.2) is 4.39 Å². The van der Waals surface area contributed by atoms with Crippen LogP contribution in [0.3, 0.4) is 0 Å². The fourth-order valence-corrected chi connectivity index (χ4v) is 2.23. The molecule has 0 aromatic heterocycles. The number of hydrogen-bond acceptors (Lipinski definition) is 1. The predicted molar refractivity (Wildman–Crippen MR) is 84.0 cm³/mol. The molecule has 2 aromatic carbocycles. The van der Waals surface area contributed by atoms with Crippen molar-refractivity contribution in [2.45, 2.75) is 33.1 Å². The first kappa shape index (κ1) is 15.2. The van der Waals surface area contributed by atoms with Crippen LogP contribution < -0.4 is 5.32 Å². The molecule has 3 heteroatoms. The SMILES string of the molecule is Cc1ccc(NC(=O)C(C)(C)c2ccc(F)cc2)c(C)c1. The molecule has 0 heterocycles. The minimum absolute atomic E-state index is 0.110. The molecule has 0 saturated carbocycles. The first-order valence-corrected chi connectivity index (χ1v) is 6.95. The van der Waals surface area contributed by atoms with Gasteiger partial charge >= 0.3 is 0 Å². The average Bonchev–Trinajstić information content (AvgIpc) is 2.42. The predicted octanol–water partition coefficient (Wildman–Crippen LogP) is 4.36. The van der Waals surface area contributed by atoms with Crippen LogP contribution in [-0.2, 0) is 10.2 Å². The Labute approximate surface area is 125 Å². The minimum atomic E-state index is -0.731. The highest BCUT2D eigenvalue weighted by Gasteiger charge is 2.30. The monoisotopic (exact) mass is 285 g/mol. The molecule has 0 fully saturated rings. The number of halogens is 1. The van der Waals surface area contributed by atoms with Crippen LogP contribution in [0, 0.1) is 19.7 Å². The van der Waals surface area contributed by atoms with Crippen LogP contribution >= 0.6 is 0 Å². The van der Waals surface area contributed by atoms with Gasteiger partial charge in [0.25, 0.3) is 0 Å². The number of nitrogens with one attached hydrogen (secondary N) is 1. The van der Waals surface area contributed by atoms with Gasteiger partial charge in [-0.2, -0.15) is 0 Å². The highest BCUT2D eigenvalue weighted by Crippen LogP contribution is 2.26. The summed E-state index contributed by atoms with van der Waals surface area (Å²) in [5, 5.41) is 2.96. The van der Waals surface area contributed by atoms with E-state index in [1.807, 2.05) is 45.9 Å². The smallest absolute Gasteiger partial charge is 0.234 e. The number of aryl methyl sites for hydroxylation is 2. The van der Waals surface area contributed by atoms with Crippen molar-refractivity contribution in [3.63, 3.8) is 0 Å². The Kier molecular flexibility index (Phi) is 4.12. The van der Waals surface area contributed by atoms with E-state index in [-0.39, 0.29) is 11.7 Å². The fraction of sp³-hybridized carbons (Fsp3) is 0.278. The molecule has 1 amide bonds. The van der Waals surface area contributed by atoms with E-state index in [1.165, 1.54) is 12.1 Å². The summed E-state index contributed by atoms with van der Waals surface area (Å²) in [7, 11) is 0. The van der Waals surface area contributed by atoms with E-state index in [4.69, 9.17) is 0 Å². The summed E-state index contributed by atoms with van der Waals surface area (Å²) in [5.41, 5.74) is 3.04. The maximum atomic E-state index is 13.0. The van der Waals surface area contributed by atoms with Gasteiger partial charge < -0.3 is 5.32 Å². The molecule has 2 nitrogen and oxygen atoms in total. The number of benzene rings is 2. The molecule has 0 saturated heterocycles. The van der Waals surface area contributed by atoms with Gasteiger partial charge in [0.1, 0.15) is 5.82 Å². The van der Waals surface area contributed by atoms with Crippen molar-refractivity contribution in [3.05, 3.63) is 65.0 Å². The molecule has 0 aliphatic heterocycles. The molecule has 1 N–H and O–H groups in total. The van der Waals surface area contributed by atoms with Crippen LogP contribution in [-0.4, -0.2) is 5.91 Å². The zero-order valence-electron chi connectivity index (χ0n) is 12.8. The number of amides is 1. The van der Waals surface area contributed by atoms with Gasteiger partial charge in [-0.3, -0.25) is 4.79 Å². The van der Waals surface area contributed by atoms with Crippen molar-refractivity contribution in [2.75, 3.05) is 5.32 Å². The zero-order chi connectivity index (χ0) is 15.6. The molecule has 0 aliphatic rings. The van der Waals surface area contributed by atoms with Gasteiger partial charge in [0, 0.05) is 5.69 Å². The standard InChI is InChI=1S/C18H20FNO/c1-12-5-10-16(13(2)11-12)20-17(21)18(3,4)14-6-8-15(19)9-7-14/h5-11H,1-4H3,(H,20,21). The van der Waals surface area contributed by atoms with Crippen molar-refractivity contribution in [2.24, 2.45) is 0 Å². The normalized spacial score (nSPS) is 11.3. The summed E-state index contributed by atoms with van der Waals surface area (Å²) in [5.74, 6) is -0.412. The molecule has 0 unspecified atom stereocenters. The summed E-state index contributed by atoms with van der Waals surface area (Å²) in [6.45, 7) is 7.65. The topological polar surface area (TPSA) is 29.1 Å². The third-order valence-electron chi connectivity index (χ3n) is 3.76. The lowest BCUT2D eigenvalue weighted by Gasteiger charge is -2.24. The molecular formula is C18H20FNO. The molecule has 2 aromatic rings. The third-order valence-corrected chi connectivity index (χ3v) is 3.76. The Morgan fingerprint density at radius 3 is 2.24 bits per heavy atom. The highest BCUT2D eigenvalue weighted by atomic mass is 19.1. The quantitative estimate of drug-likeness (QED) is 0.892. The van der Waals surface area contributed by atoms with Gasteiger partial charge in [0.2, 0.25) is 5.91 Å². The van der Waals surface area contributed by atoms with E-state index in [9.17, 15) is 9.18 Å². The van der Waals surface area contributed by atoms with Crippen molar-refractivity contribution < 1.29 is 9.18 Å². The third kappa shape index (κ3) is 3.30. The Bertz CT molecular complexity index is 659. The molecule has 0 atom stereocenters. The number of rotatable bonds is 3. The number of hydrogen-bond donors (Lipinski definition) is 1. The van der Waals surface area contributed by atoms with Gasteiger partial charge in [-0.15, -0.1) is 0 Å². The maximum absolute atomic E-state index is 13.0. The van der Waals surface area contributed by atoms with Crippen molar-refractivity contribution >= 4 is 11.6 Å². The molecular weight excluding hydrogens is 265 g/mol. The summed E-state index contributed by atoms with van der Waals surface area (Å²) < 4.78 is 13.0. The zero-order valence-corrected chi connectivity index (χ0v) is 12.8. The number of anilines is 1. The van der Waals surface area contributed by atoms with Crippen LogP contribution in [0.1, 0.15) is 30.5 Å². The molecule has 0 spiro atoms.